The number of carbonyl (C=O) groups is 1. The predicted octanol–water partition coefficient (Wildman–Crippen LogP) is 1.22. The predicted molar refractivity (Wildman–Crippen MR) is 81.1 cm³/mol. The van der Waals surface area contributed by atoms with E-state index in [9.17, 15) is 13.2 Å². The van der Waals surface area contributed by atoms with Gasteiger partial charge in [-0.3, -0.25) is 8.98 Å². The van der Waals surface area contributed by atoms with Crippen molar-refractivity contribution in [2.75, 3.05) is 17.3 Å². The molecule has 0 aromatic rings. The summed E-state index contributed by atoms with van der Waals surface area (Å²) in [5, 5.41) is -0.342. The van der Waals surface area contributed by atoms with Gasteiger partial charge in [0.05, 0.1) is 11.0 Å². The van der Waals surface area contributed by atoms with Crippen LogP contribution in [0, 0.1) is 11.8 Å². The number of hydrogen-bond donors (Lipinski definition) is 1. The van der Waals surface area contributed by atoms with Crippen molar-refractivity contribution in [2.45, 2.75) is 49.6 Å². The maximum Gasteiger partial charge on any atom is 0.314 e. The summed E-state index contributed by atoms with van der Waals surface area (Å²) < 4.78 is 34.6. The van der Waals surface area contributed by atoms with Crippen LogP contribution in [0.1, 0.15) is 32.1 Å². The zero-order chi connectivity index (χ0) is 14.6. The Morgan fingerprint density at radius 3 is 2.71 bits per heavy atom. The highest BCUT2D eigenvalue weighted by molar-refractivity contribution is 8.17. The Hall–Kier alpha value is -0.270. The molecule has 0 spiro atoms. The van der Waals surface area contributed by atoms with Crippen LogP contribution >= 0.6 is 10.9 Å². The zero-order valence-electron chi connectivity index (χ0n) is 11.9. The Bertz CT molecular complexity index is 540. The molecule has 4 aliphatic rings. The van der Waals surface area contributed by atoms with Gasteiger partial charge in [-0.1, -0.05) is 6.42 Å². The zero-order valence-corrected chi connectivity index (χ0v) is 13.7. The molecule has 4 fully saturated rings. The molecule has 2 aliphatic carbocycles. The van der Waals surface area contributed by atoms with Gasteiger partial charge in [-0.25, -0.2) is 10.9 Å². The normalized spacial score (nSPS) is 45.0. The van der Waals surface area contributed by atoms with Crippen molar-refractivity contribution in [3.63, 3.8) is 0 Å². The lowest BCUT2D eigenvalue weighted by Gasteiger charge is -2.28. The van der Waals surface area contributed by atoms with Gasteiger partial charge in [0.1, 0.15) is 12.2 Å². The molecule has 7 heteroatoms. The van der Waals surface area contributed by atoms with Crippen LogP contribution in [0.15, 0.2) is 0 Å². The van der Waals surface area contributed by atoms with Crippen LogP contribution in [0.3, 0.4) is 0 Å². The molecule has 2 saturated heterocycles. The molecule has 4 rings (SSSR count). The summed E-state index contributed by atoms with van der Waals surface area (Å²) in [7, 11) is -3.61. The van der Waals surface area contributed by atoms with Crippen molar-refractivity contribution in [3.05, 3.63) is 0 Å². The van der Waals surface area contributed by atoms with Crippen molar-refractivity contribution in [3.8, 4) is 0 Å². The van der Waals surface area contributed by atoms with E-state index in [0.717, 1.165) is 6.42 Å². The lowest BCUT2D eigenvalue weighted by Crippen LogP contribution is -2.37. The first-order valence-electron chi connectivity index (χ1n) is 7.88. The van der Waals surface area contributed by atoms with Crippen LogP contribution in [-0.2, 0) is 23.8 Å². The van der Waals surface area contributed by atoms with E-state index < -0.39 is 16.2 Å². The second-order valence-corrected chi connectivity index (χ2v) is 11.1. The molecule has 0 radical (unpaired) electrons. The van der Waals surface area contributed by atoms with Crippen LogP contribution in [-0.4, -0.2) is 49.1 Å². The smallest absolute Gasteiger partial charge is 0.314 e. The monoisotopic (exact) mass is 334 g/mol. The van der Waals surface area contributed by atoms with E-state index in [4.69, 9.17) is 8.92 Å². The molecular weight excluding hydrogens is 312 g/mol. The summed E-state index contributed by atoms with van der Waals surface area (Å²) >= 11 is 0. The molecular formula is C14H22O5S2. The average molecular weight is 334 g/mol. The highest BCUT2D eigenvalue weighted by atomic mass is 32.2. The van der Waals surface area contributed by atoms with Crippen molar-refractivity contribution in [1.82, 2.24) is 0 Å². The molecule has 2 heterocycles. The van der Waals surface area contributed by atoms with Gasteiger partial charge in [0.15, 0.2) is 0 Å². The summed E-state index contributed by atoms with van der Waals surface area (Å²) in [6, 6.07) is 0. The molecule has 0 aromatic heterocycles. The average Bonchev–Trinajstić information content (AvgIpc) is 3.04. The van der Waals surface area contributed by atoms with Gasteiger partial charge in [-0.15, -0.1) is 0 Å². The molecule has 2 aliphatic heterocycles. The maximum atomic E-state index is 12.2. The minimum Gasteiger partial charge on any atom is -0.459 e. The van der Waals surface area contributed by atoms with Crippen molar-refractivity contribution in [1.29, 1.82) is 0 Å². The van der Waals surface area contributed by atoms with E-state index in [1.165, 1.54) is 30.8 Å². The van der Waals surface area contributed by atoms with Crippen molar-refractivity contribution < 1.29 is 22.1 Å². The van der Waals surface area contributed by atoms with Gasteiger partial charge >= 0.3 is 5.97 Å². The molecule has 0 N–H and O–H groups in total. The van der Waals surface area contributed by atoms with Crippen LogP contribution in [0.5, 0.6) is 0 Å². The third-order valence-electron chi connectivity index (χ3n) is 5.48. The highest BCUT2D eigenvalue weighted by Crippen LogP contribution is 2.55. The standard InChI is InChI=1S/C14H22O5S2/c15-12(8-20-4-2-1-3-5-20)18-13-9-6-10-11(7-9)21(16,17)19-14(10)13/h9-11,13-14,20H,1-8H2. The van der Waals surface area contributed by atoms with Crippen LogP contribution in [0.4, 0.5) is 0 Å². The van der Waals surface area contributed by atoms with E-state index in [-0.39, 0.29) is 40.1 Å². The first kappa shape index (κ1) is 14.3. The molecule has 5 atom stereocenters. The molecule has 120 valence electrons. The SMILES string of the molecule is O=C(C[SH]1CCCCC1)OC1C2CC3C1OS(=O)(=O)C3C2. The maximum absolute atomic E-state index is 12.2. The van der Waals surface area contributed by atoms with E-state index in [0.29, 0.717) is 12.2 Å². The number of thiol groups is 1. The minimum atomic E-state index is -3.41. The lowest BCUT2D eigenvalue weighted by atomic mass is 9.94. The second kappa shape index (κ2) is 5.13. The largest absolute Gasteiger partial charge is 0.459 e. The summed E-state index contributed by atoms with van der Waals surface area (Å²) in [6.45, 7) is 0. The van der Waals surface area contributed by atoms with Gasteiger partial charge in [0.2, 0.25) is 0 Å². The number of hydrogen-bond acceptors (Lipinski definition) is 5. The number of fused-ring (bicyclic) bond motifs is 1. The van der Waals surface area contributed by atoms with E-state index in [1.54, 1.807) is 0 Å². The van der Waals surface area contributed by atoms with Gasteiger partial charge in [-0.2, -0.15) is 8.42 Å². The Balaban J connectivity index is 1.39. The molecule has 0 aromatic carbocycles. The summed E-state index contributed by atoms with van der Waals surface area (Å²) in [6.07, 6.45) is 4.47. The first-order chi connectivity index (χ1) is 10.0. The molecule has 5 unspecified atom stereocenters. The molecule has 21 heavy (non-hydrogen) atoms. The second-order valence-electron chi connectivity index (χ2n) is 6.78. The summed E-state index contributed by atoms with van der Waals surface area (Å²) in [5.41, 5.74) is 0. The van der Waals surface area contributed by atoms with Crippen molar-refractivity contribution >= 4 is 27.0 Å². The fourth-order valence-corrected chi connectivity index (χ4v) is 8.74. The summed E-state index contributed by atoms with van der Waals surface area (Å²) in [4.78, 5) is 12.2. The summed E-state index contributed by atoms with van der Waals surface area (Å²) in [5.74, 6) is 3.01. The first-order valence-corrected chi connectivity index (χ1v) is 11.3. The molecule has 5 nitrogen and oxygen atoms in total. The van der Waals surface area contributed by atoms with Crippen molar-refractivity contribution in [2.24, 2.45) is 11.8 Å². The lowest BCUT2D eigenvalue weighted by molar-refractivity contribution is -0.152. The quantitative estimate of drug-likeness (QED) is 0.477. The Morgan fingerprint density at radius 2 is 1.95 bits per heavy atom. The number of rotatable bonds is 3. The fourth-order valence-electron chi connectivity index (χ4n) is 4.53. The van der Waals surface area contributed by atoms with E-state index >= 15 is 0 Å². The Labute approximate surface area is 128 Å². The molecule has 2 saturated carbocycles. The number of carbonyl (C=O) groups excluding carboxylic acids is 1. The number of ether oxygens (including phenoxy) is 1. The van der Waals surface area contributed by atoms with Crippen LogP contribution in [0.25, 0.3) is 0 Å². The third-order valence-corrected chi connectivity index (χ3v) is 9.86. The van der Waals surface area contributed by atoms with Crippen LogP contribution < -0.4 is 0 Å². The third kappa shape index (κ3) is 2.41. The fraction of sp³-hybridized carbons (Fsp3) is 0.929. The Kier molecular flexibility index (Phi) is 3.50. The van der Waals surface area contributed by atoms with E-state index in [1.807, 2.05) is 0 Å². The topological polar surface area (TPSA) is 69.7 Å². The number of esters is 1. The Morgan fingerprint density at radius 1 is 1.19 bits per heavy atom. The van der Waals surface area contributed by atoms with Gasteiger partial charge < -0.3 is 4.74 Å². The van der Waals surface area contributed by atoms with Gasteiger partial charge in [0, 0.05) is 11.8 Å². The highest BCUT2D eigenvalue weighted by Gasteiger charge is 2.65. The van der Waals surface area contributed by atoms with Gasteiger partial charge in [0.25, 0.3) is 10.1 Å². The minimum absolute atomic E-state index is 0.0539. The van der Waals surface area contributed by atoms with Gasteiger partial charge in [-0.05, 0) is 37.2 Å². The van der Waals surface area contributed by atoms with E-state index in [2.05, 4.69) is 0 Å². The molecule has 2 bridgehead atoms. The molecule has 0 amide bonds. The van der Waals surface area contributed by atoms with Crippen LogP contribution in [0.2, 0.25) is 0 Å².